The van der Waals surface area contributed by atoms with Gasteiger partial charge in [-0.15, -0.1) is 0 Å². The van der Waals surface area contributed by atoms with Crippen LogP contribution in [0.4, 0.5) is 0 Å². The van der Waals surface area contributed by atoms with Crippen molar-refractivity contribution < 1.29 is 9.47 Å². The maximum absolute atomic E-state index is 8.95. The van der Waals surface area contributed by atoms with E-state index >= 15 is 0 Å². The van der Waals surface area contributed by atoms with Gasteiger partial charge in [-0.05, 0) is 24.7 Å². The Morgan fingerprint density at radius 3 is 2.88 bits per heavy atom. The molecule has 5 heteroatoms. The number of benzene rings is 1. The van der Waals surface area contributed by atoms with Gasteiger partial charge in [0.2, 0.25) is 0 Å². The fourth-order valence-corrected chi connectivity index (χ4v) is 1.88. The number of ether oxygens (including phenoxy) is 2. The van der Waals surface area contributed by atoms with Crippen LogP contribution in [0.2, 0.25) is 5.02 Å². The Balaban J connectivity index is 2.43. The predicted octanol–water partition coefficient (Wildman–Crippen LogP) is 1.90. The highest BCUT2D eigenvalue weighted by atomic mass is 35.5. The van der Waals surface area contributed by atoms with Crippen LogP contribution in [0.1, 0.15) is 11.6 Å². The quantitative estimate of drug-likeness (QED) is 0.855. The van der Waals surface area contributed by atoms with Gasteiger partial charge in [-0.2, -0.15) is 5.26 Å². The molecule has 0 saturated carbocycles. The highest BCUT2D eigenvalue weighted by Crippen LogP contribution is 2.39. The number of rotatable bonds is 2. The first-order chi connectivity index (χ1) is 7.76. The van der Waals surface area contributed by atoms with Crippen molar-refractivity contribution >= 4 is 11.6 Å². The van der Waals surface area contributed by atoms with Crippen molar-refractivity contribution in [2.24, 2.45) is 0 Å². The molecule has 1 aromatic rings. The van der Waals surface area contributed by atoms with Gasteiger partial charge in [-0.3, -0.25) is 0 Å². The zero-order valence-electron chi connectivity index (χ0n) is 8.79. The van der Waals surface area contributed by atoms with Crippen molar-refractivity contribution in [3.63, 3.8) is 0 Å². The Hall–Kier alpha value is -1.44. The minimum Gasteiger partial charge on any atom is -0.486 e. The van der Waals surface area contributed by atoms with Crippen LogP contribution in [0.5, 0.6) is 11.5 Å². The molecule has 0 aliphatic carbocycles. The zero-order chi connectivity index (χ0) is 11.5. The standard InChI is InChI=1S/C11H11ClN2O2/c1-14-9(6-13)7-4-8(12)11-10(5-7)15-2-3-16-11/h4-5,9,14H,2-3H2,1H3. The van der Waals surface area contributed by atoms with Crippen LogP contribution in [-0.4, -0.2) is 20.3 Å². The number of nitrogens with one attached hydrogen (secondary N) is 1. The van der Waals surface area contributed by atoms with E-state index in [4.69, 9.17) is 26.3 Å². The van der Waals surface area contributed by atoms with E-state index in [9.17, 15) is 0 Å². The number of nitrogens with zero attached hydrogens (tertiary/aromatic N) is 1. The monoisotopic (exact) mass is 238 g/mol. The highest BCUT2D eigenvalue weighted by molar-refractivity contribution is 6.32. The molecule has 4 nitrogen and oxygen atoms in total. The van der Waals surface area contributed by atoms with Crippen LogP contribution >= 0.6 is 11.6 Å². The molecule has 1 aliphatic heterocycles. The van der Waals surface area contributed by atoms with Crippen molar-refractivity contribution in [2.45, 2.75) is 6.04 Å². The lowest BCUT2D eigenvalue weighted by Crippen LogP contribution is -2.18. The lowest BCUT2D eigenvalue weighted by molar-refractivity contribution is 0.171. The molecule has 0 radical (unpaired) electrons. The summed E-state index contributed by atoms with van der Waals surface area (Å²) in [6, 6.07) is 5.25. The van der Waals surface area contributed by atoms with Crippen molar-refractivity contribution in [1.29, 1.82) is 5.26 Å². The van der Waals surface area contributed by atoms with Gasteiger partial charge in [0.25, 0.3) is 0 Å². The number of halogens is 1. The van der Waals surface area contributed by atoms with E-state index in [0.717, 1.165) is 5.56 Å². The maximum Gasteiger partial charge on any atom is 0.179 e. The van der Waals surface area contributed by atoms with E-state index in [2.05, 4.69) is 11.4 Å². The minimum atomic E-state index is -0.395. The van der Waals surface area contributed by atoms with E-state index in [1.165, 1.54) is 0 Å². The van der Waals surface area contributed by atoms with Crippen molar-refractivity contribution in [3.05, 3.63) is 22.7 Å². The largest absolute Gasteiger partial charge is 0.486 e. The molecule has 0 spiro atoms. The first-order valence-electron chi connectivity index (χ1n) is 4.92. The number of fused-ring (bicyclic) bond motifs is 1. The van der Waals surface area contributed by atoms with Gasteiger partial charge in [0, 0.05) is 0 Å². The van der Waals surface area contributed by atoms with Gasteiger partial charge in [-0.25, -0.2) is 0 Å². The average Bonchev–Trinajstić information content (AvgIpc) is 2.31. The van der Waals surface area contributed by atoms with Crippen molar-refractivity contribution in [3.8, 4) is 17.6 Å². The normalized spacial score (nSPS) is 15.3. The van der Waals surface area contributed by atoms with Gasteiger partial charge in [0.05, 0.1) is 11.1 Å². The molecule has 1 heterocycles. The molecular weight excluding hydrogens is 228 g/mol. The lowest BCUT2D eigenvalue weighted by atomic mass is 10.1. The summed E-state index contributed by atoms with van der Waals surface area (Å²) in [5.74, 6) is 1.16. The van der Waals surface area contributed by atoms with Crippen molar-refractivity contribution in [1.82, 2.24) is 5.32 Å². The third-order valence-corrected chi connectivity index (χ3v) is 2.65. The molecule has 1 aliphatic rings. The molecule has 0 saturated heterocycles. The van der Waals surface area contributed by atoms with Gasteiger partial charge in [0.15, 0.2) is 11.5 Å². The molecular formula is C11H11ClN2O2. The number of nitriles is 1. The fraction of sp³-hybridized carbons (Fsp3) is 0.364. The Labute approximate surface area is 98.7 Å². The first-order valence-corrected chi connectivity index (χ1v) is 5.30. The summed E-state index contributed by atoms with van der Waals surface area (Å²) in [5, 5.41) is 12.3. The Bertz CT molecular complexity index is 442. The SMILES string of the molecule is CNC(C#N)c1cc(Cl)c2c(c1)OCCO2. The van der Waals surface area contributed by atoms with Crippen LogP contribution < -0.4 is 14.8 Å². The summed E-state index contributed by atoms with van der Waals surface area (Å²) in [5.41, 5.74) is 0.777. The first kappa shape index (κ1) is 11.1. The molecule has 84 valence electrons. The van der Waals surface area contributed by atoms with Crippen LogP contribution in [0.3, 0.4) is 0 Å². The summed E-state index contributed by atoms with van der Waals surface area (Å²) >= 11 is 6.06. The number of hydrogen-bond donors (Lipinski definition) is 1. The molecule has 0 amide bonds. The second-order valence-corrected chi connectivity index (χ2v) is 3.78. The predicted molar refractivity (Wildman–Crippen MR) is 59.9 cm³/mol. The summed E-state index contributed by atoms with van der Waals surface area (Å²) in [7, 11) is 1.72. The zero-order valence-corrected chi connectivity index (χ0v) is 9.54. The minimum absolute atomic E-state index is 0.395. The van der Waals surface area contributed by atoms with E-state index in [-0.39, 0.29) is 0 Å². The van der Waals surface area contributed by atoms with Crippen LogP contribution in [0.15, 0.2) is 12.1 Å². The van der Waals surface area contributed by atoms with Gasteiger partial charge < -0.3 is 14.8 Å². The summed E-state index contributed by atoms with van der Waals surface area (Å²) in [6.45, 7) is 1.00. The lowest BCUT2D eigenvalue weighted by Gasteiger charge is -2.21. The van der Waals surface area contributed by atoms with Gasteiger partial charge in [-0.1, -0.05) is 11.6 Å². The molecule has 1 aromatic carbocycles. The molecule has 0 bridgehead atoms. The summed E-state index contributed by atoms with van der Waals surface area (Å²) in [6.07, 6.45) is 0. The smallest absolute Gasteiger partial charge is 0.179 e. The third kappa shape index (κ3) is 1.92. The second-order valence-electron chi connectivity index (χ2n) is 3.38. The molecule has 0 fully saturated rings. The maximum atomic E-state index is 8.95. The van der Waals surface area contributed by atoms with Gasteiger partial charge in [0.1, 0.15) is 19.3 Å². The molecule has 16 heavy (non-hydrogen) atoms. The van der Waals surface area contributed by atoms with E-state index < -0.39 is 6.04 Å². The van der Waals surface area contributed by atoms with Crippen LogP contribution in [0, 0.1) is 11.3 Å². The van der Waals surface area contributed by atoms with E-state index in [1.54, 1.807) is 19.2 Å². The molecule has 0 aromatic heterocycles. The third-order valence-electron chi connectivity index (χ3n) is 2.37. The molecule has 1 atom stereocenters. The van der Waals surface area contributed by atoms with Crippen molar-refractivity contribution in [2.75, 3.05) is 20.3 Å². The van der Waals surface area contributed by atoms with E-state index in [1.807, 2.05) is 0 Å². The Kier molecular flexibility index (Phi) is 3.18. The average molecular weight is 239 g/mol. The molecule has 2 rings (SSSR count). The Morgan fingerprint density at radius 1 is 1.44 bits per heavy atom. The fourth-order valence-electron chi connectivity index (χ4n) is 1.60. The van der Waals surface area contributed by atoms with E-state index in [0.29, 0.717) is 29.7 Å². The molecule has 1 unspecified atom stereocenters. The van der Waals surface area contributed by atoms with Crippen LogP contribution in [0.25, 0.3) is 0 Å². The van der Waals surface area contributed by atoms with Gasteiger partial charge >= 0.3 is 0 Å². The topological polar surface area (TPSA) is 54.3 Å². The molecule has 1 N–H and O–H groups in total. The highest BCUT2D eigenvalue weighted by Gasteiger charge is 2.19. The Morgan fingerprint density at radius 2 is 2.19 bits per heavy atom. The summed E-state index contributed by atoms with van der Waals surface area (Å²) in [4.78, 5) is 0. The van der Waals surface area contributed by atoms with Crippen LogP contribution in [-0.2, 0) is 0 Å². The number of hydrogen-bond acceptors (Lipinski definition) is 4. The second kappa shape index (κ2) is 4.60. The summed E-state index contributed by atoms with van der Waals surface area (Å²) < 4.78 is 10.8.